The molecule has 4 nitrogen and oxygen atoms in total. The van der Waals surface area contributed by atoms with Crippen LogP contribution in [0.25, 0.3) is 38.5 Å². The van der Waals surface area contributed by atoms with Crippen molar-refractivity contribution < 1.29 is 14.0 Å². The molecule has 30 heavy (non-hydrogen) atoms. The molecule has 0 saturated carbocycles. The third-order valence-electron chi connectivity index (χ3n) is 5.67. The molecule has 144 valence electrons. The number of carbonyl (C=O) groups is 2. The molecule has 0 saturated heterocycles. The minimum Gasteiger partial charge on any atom is -0.455 e. The van der Waals surface area contributed by atoms with E-state index < -0.39 is 0 Å². The van der Waals surface area contributed by atoms with Crippen molar-refractivity contribution in [3.8, 4) is 10.6 Å². The van der Waals surface area contributed by atoms with Crippen LogP contribution >= 0.6 is 11.3 Å². The first-order valence-corrected chi connectivity index (χ1v) is 10.4. The molecule has 3 aromatic heterocycles. The zero-order valence-electron chi connectivity index (χ0n) is 16.0. The first kappa shape index (κ1) is 17.2. The van der Waals surface area contributed by atoms with Gasteiger partial charge in [-0.25, -0.2) is 0 Å². The van der Waals surface area contributed by atoms with Gasteiger partial charge in [0.25, 0.3) is 0 Å². The third kappa shape index (κ3) is 2.39. The van der Waals surface area contributed by atoms with E-state index in [9.17, 15) is 9.59 Å². The summed E-state index contributed by atoms with van der Waals surface area (Å²) in [6, 6.07) is 19.3. The number of benzene rings is 2. The van der Waals surface area contributed by atoms with Gasteiger partial charge in [-0.2, -0.15) is 0 Å². The fourth-order valence-electron chi connectivity index (χ4n) is 4.15. The van der Waals surface area contributed by atoms with Crippen LogP contribution in [0.1, 0.15) is 26.5 Å². The van der Waals surface area contributed by atoms with Gasteiger partial charge < -0.3 is 8.98 Å². The predicted octanol–water partition coefficient (Wildman–Crippen LogP) is 6.12. The second kappa shape index (κ2) is 6.15. The lowest BCUT2D eigenvalue weighted by atomic mass is 10.0. The maximum atomic E-state index is 13.0. The molecule has 5 heteroatoms. The zero-order valence-corrected chi connectivity index (χ0v) is 16.8. The average molecular weight is 409 g/mol. The molecule has 0 N–H and O–H groups in total. The maximum absolute atomic E-state index is 13.0. The Labute approximate surface area is 175 Å². The van der Waals surface area contributed by atoms with Crippen LogP contribution in [0.3, 0.4) is 0 Å². The second-order valence-electron chi connectivity index (χ2n) is 7.43. The number of nitrogens with zero attached hydrogens (tertiary/aromatic N) is 1. The van der Waals surface area contributed by atoms with Crippen LogP contribution in [-0.2, 0) is 7.05 Å². The van der Waals surface area contributed by atoms with Crippen LogP contribution in [0.15, 0.2) is 76.0 Å². The molecule has 0 aliphatic heterocycles. The Morgan fingerprint density at radius 3 is 2.20 bits per heavy atom. The average Bonchev–Trinajstić information content (AvgIpc) is 3.51. The van der Waals surface area contributed by atoms with E-state index in [0.29, 0.717) is 16.9 Å². The van der Waals surface area contributed by atoms with Crippen molar-refractivity contribution in [1.29, 1.82) is 0 Å². The molecule has 6 rings (SSSR count). The van der Waals surface area contributed by atoms with Crippen molar-refractivity contribution in [3.63, 3.8) is 0 Å². The fourth-order valence-corrected chi connectivity index (χ4v) is 4.92. The number of carbonyl (C=O) groups excluding carboxylic acids is 2. The SMILES string of the molecule is Cn1c(-c2cccs2)cc2oc(C=C3C(=O)c4cc5ccccc5cc4C3=O)cc21. The first-order valence-electron chi connectivity index (χ1n) is 9.57. The Kier molecular flexibility index (Phi) is 3.52. The van der Waals surface area contributed by atoms with Crippen LogP contribution < -0.4 is 0 Å². The minimum absolute atomic E-state index is 0.151. The smallest absolute Gasteiger partial charge is 0.197 e. The number of rotatable bonds is 2. The maximum Gasteiger partial charge on any atom is 0.197 e. The Bertz CT molecular complexity index is 1470. The van der Waals surface area contributed by atoms with Gasteiger partial charge in [-0.1, -0.05) is 30.3 Å². The zero-order chi connectivity index (χ0) is 20.4. The van der Waals surface area contributed by atoms with E-state index in [1.807, 2.05) is 54.9 Å². The van der Waals surface area contributed by atoms with Crippen LogP contribution in [0.2, 0.25) is 0 Å². The number of ketones is 2. The third-order valence-corrected chi connectivity index (χ3v) is 6.57. The molecule has 0 atom stereocenters. The molecule has 1 aliphatic rings. The number of hydrogen-bond acceptors (Lipinski definition) is 4. The van der Waals surface area contributed by atoms with E-state index >= 15 is 0 Å². The number of hydrogen-bond donors (Lipinski definition) is 0. The van der Waals surface area contributed by atoms with Gasteiger partial charge in [-0.15, -0.1) is 11.3 Å². The summed E-state index contributed by atoms with van der Waals surface area (Å²) in [5.41, 5.74) is 3.80. The van der Waals surface area contributed by atoms with Crippen molar-refractivity contribution in [1.82, 2.24) is 4.57 Å². The van der Waals surface area contributed by atoms with Crippen LogP contribution in [0.5, 0.6) is 0 Å². The molecular formula is C25H15NO3S. The van der Waals surface area contributed by atoms with Crippen molar-refractivity contribution in [2.45, 2.75) is 0 Å². The van der Waals surface area contributed by atoms with Crippen LogP contribution in [0, 0.1) is 0 Å². The minimum atomic E-state index is -0.250. The summed E-state index contributed by atoms with van der Waals surface area (Å²) in [7, 11) is 1.98. The standard InChI is InChI=1S/C25H15NO3S/c1-26-20-12-16(29-22(20)13-21(26)23-7-4-8-30-23)11-19-24(27)17-9-14-5-2-3-6-15(14)10-18(17)25(19)28/h2-13H,1H3. The quantitative estimate of drug-likeness (QED) is 0.261. The van der Waals surface area contributed by atoms with E-state index in [4.69, 9.17) is 4.42 Å². The highest BCUT2D eigenvalue weighted by Crippen LogP contribution is 2.35. The molecular weight excluding hydrogens is 394 g/mol. The number of aromatic nitrogens is 1. The van der Waals surface area contributed by atoms with E-state index in [0.717, 1.165) is 32.4 Å². The molecule has 0 unspecified atom stereocenters. The summed E-state index contributed by atoms with van der Waals surface area (Å²) in [6.45, 7) is 0. The topological polar surface area (TPSA) is 52.2 Å². The van der Waals surface area contributed by atoms with Gasteiger partial charge in [-0.05, 0) is 40.4 Å². The summed E-state index contributed by atoms with van der Waals surface area (Å²) < 4.78 is 8.03. The Balaban J connectivity index is 1.43. The Hall–Kier alpha value is -3.70. The number of fused-ring (bicyclic) bond motifs is 3. The normalized spacial score (nSPS) is 13.6. The van der Waals surface area contributed by atoms with Crippen LogP contribution in [0.4, 0.5) is 0 Å². The molecule has 0 amide bonds. The van der Waals surface area contributed by atoms with Gasteiger partial charge in [-0.3, -0.25) is 9.59 Å². The lowest BCUT2D eigenvalue weighted by Gasteiger charge is -2.00. The van der Waals surface area contributed by atoms with Crippen molar-refractivity contribution in [2.24, 2.45) is 7.05 Å². The van der Waals surface area contributed by atoms with E-state index in [1.165, 1.54) is 0 Å². The lowest BCUT2D eigenvalue weighted by Crippen LogP contribution is -1.99. The summed E-state index contributed by atoms with van der Waals surface area (Å²) in [5, 5.41) is 3.94. The highest BCUT2D eigenvalue weighted by atomic mass is 32.1. The summed E-state index contributed by atoms with van der Waals surface area (Å²) >= 11 is 1.67. The lowest BCUT2D eigenvalue weighted by molar-refractivity contribution is 0.0990. The van der Waals surface area contributed by atoms with Gasteiger partial charge in [0, 0.05) is 30.3 Å². The number of aryl methyl sites for hydroxylation is 1. The van der Waals surface area contributed by atoms with E-state index in [-0.39, 0.29) is 17.1 Å². The van der Waals surface area contributed by atoms with E-state index in [2.05, 4.69) is 10.6 Å². The van der Waals surface area contributed by atoms with Gasteiger partial charge in [0.1, 0.15) is 5.76 Å². The van der Waals surface area contributed by atoms with E-state index in [1.54, 1.807) is 29.5 Å². The number of furan rings is 1. The fraction of sp³-hybridized carbons (Fsp3) is 0.0400. The predicted molar refractivity (Wildman–Crippen MR) is 119 cm³/mol. The number of Topliss-reactive ketones (excluding diaryl/α,β-unsaturated/α-hetero) is 2. The monoisotopic (exact) mass is 409 g/mol. The molecule has 0 bridgehead atoms. The van der Waals surface area contributed by atoms with Crippen molar-refractivity contribution >= 4 is 50.9 Å². The highest BCUT2D eigenvalue weighted by molar-refractivity contribution is 7.13. The molecule has 0 radical (unpaired) electrons. The Morgan fingerprint density at radius 1 is 0.900 bits per heavy atom. The van der Waals surface area contributed by atoms with Gasteiger partial charge in [0.15, 0.2) is 17.1 Å². The second-order valence-corrected chi connectivity index (χ2v) is 8.37. The highest BCUT2D eigenvalue weighted by Gasteiger charge is 2.33. The first-order chi connectivity index (χ1) is 14.6. The summed E-state index contributed by atoms with van der Waals surface area (Å²) in [5.74, 6) is 0.00311. The number of allylic oxidation sites excluding steroid dienone is 1. The largest absolute Gasteiger partial charge is 0.455 e. The molecule has 2 aromatic carbocycles. The number of thiophene rings is 1. The summed E-state index contributed by atoms with van der Waals surface area (Å²) in [4.78, 5) is 27.1. The summed E-state index contributed by atoms with van der Waals surface area (Å²) in [6.07, 6.45) is 1.57. The molecule has 5 aromatic rings. The Morgan fingerprint density at radius 2 is 1.60 bits per heavy atom. The van der Waals surface area contributed by atoms with Gasteiger partial charge in [0.05, 0.1) is 21.7 Å². The molecule has 1 aliphatic carbocycles. The van der Waals surface area contributed by atoms with Crippen molar-refractivity contribution in [3.05, 3.63) is 88.5 Å². The van der Waals surface area contributed by atoms with Gasteiger partial charge in [0.2, 0.25) is 0 Å². The molecule has 0 spiro atoms. The van der Waals surface area contributed by atoms with Crippen LogP contribution in [-0.4, -0.2) is 16.1 Å². The van der Waals surface area contributed by atoms with Crippen molar-refractivity contribution in [2.75, 3.05) is 0 Å². The van der Waals surface area contributed by atoms with Gasteiger partial charge >= 0.3 is 0 Å². The molecule has 3 heterocycles. The molecule has 0 fully saturated rings.